The lowest BCUT2D eigenvalue weighted by atomic mass is 10.1. The van der Waals surface area contributed by atoms with Crippen molar-refractivity contribution in [2.75, 3.05) is 0 Å². The molecule has 1 aromatic carbocycles. The van der Waals surface area contributed by atoms with E-state index in [4.69, 9.17) is 0 Å². The van der Waals surface area contributed by atoms with Crippen LogP contribution in [0, 0.1) is 13.0 Å². The molecule has 2 rings (SSSR count). The van der Waals surface area contributed by atoms with Gasteiger partial charge in [0.1, 0.15) is 0 Å². The van der Waals surface area contributed by atoms with Gasteiger partial charge in [0.15, 0.2) is 0 Å². The third kappa shape index (κ3) is 1.75. The Morgan fingerprint density at radius 2 is 2.15 bits per heavy atom. The van der Waals surface area contributed by atoms with E-state index >= 15 is 0 Å². The van der Waals surface area contributed by atoms with E-state index in [1.165, 1.54) is 5.56 Å². The predicted molar refractivity (Wildman–Crippen MR) is 53.2 cm³/mol. The fraction of sp³-hybridized carbons (Fsp3) is 0.0833. The second-order valence-corrected chi connectivity index (χ2v) is 3.01. The van der Waals surface area contributed by atoms with Gasteiger partial charge in [0, 0.05) is 17.8 Å². The van der Waals surface area contributed by atoms with Crippen LogP contribution >= 0.6 is 0 Å². The van der Waals surface area contributed by atoms with Crippen molar-refractivity contribution in [1.29, 1.82) is 0 Å². The monoisotopic (exact) mass is 168 g/mol. The van der Waals surface area contributed by atoms with Gasteiger partial charge in [0.2, 0.25) is 0 Å². The Morgan fingerprint density at radius 3 is 2.85 bits per heavy atom. The lowest BCUT2D eigenvalue weighted by molar-refractivity contribution is 1.31. The summed E-state index contributed by atoms with van der Waals surface area (Å²) in [6, 6.07) is 15.1. The molecule has 0 aliphatic rings. The van der Waals surface area contributed by atoms with Crippen LogP contribution in [0.1, 0.15) is 5.56 Å². The van der Waals surface area contributed by atoms with E-state index in [0.29, 0.717) is 0 Å². The molecule has 0 amide bonds. The standard InChI is InChI=1S/C12H10N/c1-10-5-4-6-11(9-10)12-7-2-3-8-13-12/h2,4-9H,1H3. The minimum atomic E-state index is 1.00. The first-order valence-corrected chi connectivity index (χ1v) is 4.25. The van der Waals surface area contributed by atoms with Gasteiger partial charge in [-0.1, -0.05) is 29.8 Å². The average molecular weight is 168 g/mol. The maximum absolute atomic E-state index is 4.23. The summed E-state index contributed by atoms with van der Waals surface area (Å²) >= 11 is 0. The highest BCUT2D eigenvalue weighted by atomic mass is 14.7. The van der Waals surface area contributed by atoms with Gasteiger partial charge in [-0.3, -0.25) is 4.98 Å². The van der Waals surface area contributed by atoms with Crippen LogP contribution in [0.25, 0.3) is 11.3 Å². The molecule has 13 heavy (non-hydrogen) atoms. The molecule has 2 aromatic rings. The number of aryl methyl sites for hydroxylation is 1. The minimum absolute atomic E-state index is 1.00. The third-order valence-electron chi connectivity index (χ3n) is 1.93. The summed E-state index contributed by atoms with van der Waals surface area (Å²) in [5.41, 5.74) is 3.42. The summed E-state index contributed by atoms with van der Waals surface area (Å²) < 4.78 is 0. The zero-order chi connectivity index (χ0) is 9.10. The maximum atomic E-state index is 4.23. The van der Waals surface area contributed by atoms with Gasteiger partial charge in [-0.05, 0) is 19.1 Å². The molecule has 0 N–H and O–H groups in total. The zero-order valence-corrected chi connectivity index (χ0v) is 7.49. The second-order valence-electron chi connectivity index (χ2n) is 3.01. The highest BCUT2D eigenvalue weighted by Crippen LogP contribution is 2.16. The molecule has 1 heteroatoms. The van der Waals surface area contributed by atoms with Crippen LogP contribution in [0.3, 0.4) is 0 Å². The van der Waals surface area contributed by atoms with Crippen molar-refractivity contribution in [2.45, 2.75) is 6.92 Å². The summed E-state index contributed by atoms with van der Waals surface area (Å²) in [6.07, 6.45) is 1.69. The Kier molecular flexibility index (Phi) is 2.09. The summed E-state index contributed by atoms with van der Waals surface area (Å²) in [5.74, 6) is 0. The molecule has 0 unspecified atom stereocenters. The van der Waals surface area contributed by atoms with Crippen molar-refractivity contribution in [2.24, 2.45) is 0 Å². The molecule has 0 atom stereocenters. The van der Waals surface area contributed by atoms with Crippen LogP contribution in [-0.4, -0.2) is 4.98 Å². The first kappa shape index (κ1) is 7.99. The smallest absolute Gasteiger partial charge is 0.0702 e. The van der Waals surface area contributed by atoms with Crippen LogP contribution in [0.2, 0.25) is 0 Å². The SMILES string of the molecule is Cc1cccc(-c2cc[c]cn2)c1. The molecule has 0 aliphatic carbocycles. The van der Waals surface area contributed by atoms with Gasteiger partial charge in [-0.25, -0.2) is 0 Å². The highest BCUT2D eigenvalue weighted by molar-refractivity contribution is 5.59. The van der Waals surface area contributed by atoms with Gasteiger partial charge >= 0.3 is 0 Å². The molecule has 0 bridgehead atoms. The van der Waals surface area contributed by atoms with E-state index in [2.05, 4.69) is 36.2 Å². The van der Waals surface area contributed by atoms with E-state index in [9.17, 15) is 0 Å². The summed E-state index contributed by atoms with van der Waals surface area (Å²) in [4.78, 5) is 4.23. The van der Waals surface area contributed by atoms with Gasteiger partial charge in [0.25, 0.3) is 0 Å². The quantitative estimate of drug-likeness (QED) is 0.638. The van der Waals surface area contributed by atoms with Crippen molar-refractivity contribution < 1.29 is 0 Å². The molecule has 0 spiro atoms. The normalized spacial score (nSPS) is 9.92. The molecule has 0 fully saturated rings. The lowest BCUT2D eigenvalue weighted by Crippen LogP contribution is -1.82. The van der Waals surface area contributed by atoms with Crippen molar-refractivity contribution in [3.05, 3.63) is 54.2 Å². The van der Waals surface area contributed by atoms with Crippen LogP contribution in [0.15, 0.2) is 42.6 Å². The number of rotatable bonds is 1. The molecule has 1 nitrogen and oxygen atoms in total. The molecular formula is C12H10N. The Hall–Kier alpha value is -1.63. The Labute approximate surface area is 78.1 Å². The topological polar surface area (TPSA) is 12.9 Å². The van der Waals surface area contributed by atoms with Gasteiger partial charge < -0.3 is 0 Å². The molecule has 1 heterocycles. The predicted octanol–water partition coefficient (Wildman–Crippen LogP) is 2.86. The zero-order valence-electron chi connectivity index (χ0n) is 7.49. The molecule has 63 valence electrons. The lowest BCUT2D eigenvalue weighted by Gasteiger charge is -2.00. The fourth-order valence-corrected chi connectivity index (χ4v) is 1.30. The van der Waals surface area contributed by atoms with Gasteiger partial charge in [-0.15, -0.1) is 0 Å². The summed E-state index contributed by atoms with van der Waals surface area (Å²) in [6.45, 7) is 2.08. The van der Waals surface area contributed by atoms with E-state index in [-0.39, 0.29) is 0 Å². The van der Waals surface area contributed by atoms with E-state index in [1.54, 1.807) is 6.20 Å². The first-order chi connectivity index (χ1) is 6.36. The average Bonchev–Trinajstić information content (AvgIpc) is 2.19. The maximum Gasteiger partial charge on any atom is 0.0702 e. The number of hydrogen-bond donors (Lipinski definition) is 0. The van der Waals surface area contributed by atoms with E-state index in [0.717, 1.165) is 11.3 Å². The molecule has 0 saturated carbocycles. The van der Waals surface area contributed by atoms with Crippen LogP contribution in [0.5, 0.6) is 0 Å². The van der Waals surface area contributed by atoms with E-state index in [1.807, 2.05) is 18.2 Å². The van der Waals surface area contributed by atoms with Crippen molar-refractivity contribution in [3.63, 3.8) is 0 Å². The first-order valence-electron chi connectivity index (χ1n) is 4.25. The minimum Gasteiger partial charge on any atom is -0.256 e. The summed E-state index contributed by atoms with van der Waals surface area (Å²) in [7, 11) is 0. The van der Waals surface area contributed by atoms with Gasteiger partial charge in [0.05, 0.1) is 5.69 Å². The molecular weight excluding hydrogens is 158 g/mol. The Morgan fingerprint density at radius 1 is 1.23 bits per heavy atom. The molecule has 1 aromatic heterocycles. The number of pyridine rings is 1. The largest absolute Gasteiger partial charge is 0.256 e. The van der Waals surface area contributed by atoms with Crippen LogP contribution < -0.4 is 0 Å². The van der Waals surface area contributed by atoms with Crippen molar-refractivity contribution in [1.82, 2.24) is 4.98 Å². The Balaban J connectivity index is 2.48. The second kappa shape index (κ2) is 3.40. The van der Waals surface area contributed by atoms with Crippen molar-refractivity contribution >= 4 is 0 Å². The number of nitrogens with zero attached hydrogens (tertiary/aromatic N) is 1. The van der Waals surface area contributed by atoms with Gasteiger partial charge in [-0.2, -0.15) is 0 Å². The number of benzene rings is 1. The fourth-order valence-electron chi connectivity index (χ4n) is 1.30. The highest BCUT2D eigenvalue weighted by Gasteiger charge is 1.96. The van der Waals surface area contributed by atoms with Crippen molar-refractivity contribution in [3.8, 4) is 11.3 Å². The summed E-state index contributed by atoms with van der Waals surface area (Å²) in [5, 5.41) is 0. The third-order valence-corrected chi connectivity index (χ3v) is 1.93. The molecule has 0 saturated heterocycles. The Bertz CT molecular complexity index is 393. The molecule has 1 radical (unpaired) electrons. The van der Waals surface area contributed by atoms with Crippen LogP contribution in [0.4, 0.5) is 0 Å². The van der Waals surface area contributed by atoms with Crippen LogP contribution in [-0.2, 0) is 0 Å². The molecule has 0 aliphatic heterocycles. The number of aromatic nitrogens is 1. The van der Waals surface area contributed by atoms with E-state index < -0.39 is 0 Å². The number of hydrogen-bond acceptors (Lipinski definition) is 1.